The monoisotopic (exact) mass is 178 g/mol. The smallest absolute Gasteiger partial charge is 0.0721 e. The maximum Gasteiger partial charge on any atom is 0.0721 e. The van der Waals surface area contributed by atoms with E-state index >= 15 is 0 Å². The van der Waals surface area contributed by atoms with Crippen molar-refractivity contribution >= 4 is 0 Å². The predicted octanol–water partition coefficient (Wildman–Crippen LogP) is 0.166. The average molecular weight is 178 g/mol. The fraction of sp³-hybridized carbons (Fsp3) is 0.444. The minimum absolute atomic E-state index is 0.318. The first-order chi connectivity index (χ1) is 6.40. The van der Waals surface area contributed by atoms with Gasteiger partial charge in [0.2, 0.25) is 0 Å². The van der Waals surface area contributed by atoms with Crippen LogP contribution < -0.4 is 16.2 Å². The SMILES string of the molecule is CNC1CC(c2ccccn2)NN1. The number of hydrogen-bond donors (Lipinski definition) is 3. The van der Waals surface area contributed by atoms with Crippen LogP contribution in [0.2, 0.25) is 0 Å². The first-order valence-electron chi connectivity index (χ1n) is 4.49. The van der Waals surface area contributed by atoms with Crippen molar-refractivity contribution in [3.05, 3.63) is 30.1 Å². The third-order valence-electron chi connectivity index (χ3n) is 2.30. The van der Waals surface area contributed by atoms with E-state index in [-0.39, 0.29) is 0 Å². The van der Waals surface area contributed by atoms with Crippen LogP contribution >= 0.6 is 0 Å². The summed E-state index contributed by atoms with van der Waals surface area (Å²) in [6.07, 6.45) is 3.18. The molecule has 4 nitrogen and oxygen atoms in total. The van der Waals surface area contributed by atoms with E-state index < -0.39 is 0 Å². The van der Waals surface area contributed by atoms with Crippen molar-refractivity contribution in [3.8, 4) is 0 Å². The number of nitrogens with zero attached hydrogens (tertiary/aromatic N) is 1. The molecule has 0 amide bonds. The van der Waals surface area contributed by atoms with Gasteiger partial charge >= 0.3 is 0 Å². The Morgan fingerprint density at radius 1 is 1.46 bits per heavy atom. The van der Waals surface area contributed by atoms with Gasteiger partial charge in [-0.25, -0.2) is 10.9 Å². The van der Waals surface area contributed by atoms with Gasteiger partial charge in [0, 0.05) is 6.20 Å². The number of pyridine rings is 1. The van der Waals surface area contributed by atoms with Gasteiger partial charge in [-0.1, -0.05) is 6.07 Å². The van der Waals surface area contributed by atoms with Gasteiger partial charge in [-0.2, -0.15) is 0 Å². The van der Waals surface area contributed by atoms with Crippen LogP contribution in [0, 0.1) is 0 Å². The second kappa shape index (κ2) is 3.83. The van der Waals surface area contributed by atoms with Gasteiger partial charge in [0.15, 0.2) is 0 Å². The molecular formula is C9H14N4. The Morgan fingerprint density at radius 3 is 3.00 bits per heavy atom. The molecule has 2 unspecified atom stereocenters. The highest BCUT2D eigenvalue weighted by Gasteiger charge is 2.23. The summed E-state index contributed by atoms with van der Waals surface area (Å²) < 4.78 is 0. The Hall–Kier alpha value is -0.970. The molecule has 70 valence electrons. The highest BCUT2D eigenvalue weighted by atomic mass is 15.5. The van der Waals surface area contributed by atoms with Crippen molar-refractivity contribution in [3.63, 3.8) is 0 Å². The third kappa shape index (κ3) is 1.85. The summed E-state index contributed by atoms with van der Waals surface area (Å²) in [7, 11) is 1.94. The summed E-state index contributed by atoms with van der Waals surface area (Å²) in [5, 5.41) is 3.16. The number of hydrogen-bond acceptors (Lipinski definition) is 4. The molecule has 0 aromatic carbocycles. The van der Waals surface area contributed by atoms with Gasteiger partial charge in [-0.05, 0) is 25.6 Å². The zero-order valence-electron chi connectivity index (χ0n) is 7.62. The molecule has 2 atom stereocenters. The van der Waals surface area contributed by atoms with Gasteiger partial charge in [-0.15, -0.1) is 0 Å². The highest BCUT2D eigenvalue weighted by molar-refractivity contribution is 5.10. The van der Waals surface area contributed by atoms with E-state index in [0.717, 1.165) is 12.1 Å². The summed E-state index contributed by atoms with van der Waals surface area (Å²) in [5.74, 6) is 0. The fourth-order valence-electron chi connectivity index (χ4n) is 1.52. The van der Waals surface area contributed by atoms with E-state index in [1.807, 2.05) is 31.4 Å². The minimum Gasteiger partial charge on any atom is -0.304 e. The largest absolute Gasteiger partial charge is 0.304 e. The van der Waals surface area contributed by atoms with E-state index in [0.29, 0.717) is 12.2 Å². The first-order valence-corrected chi connectivity index (χ1v) is 4.49. The van der Waals surface area contributed by atoms with E-state index in [4.69, 9.17) is 0 Å². The molecule has 2 heterocycles. The lowest BCUT2D eigenvalue weighted by Gasteiger charge is -2.07. The topological polar surface area (TPSA) is 49.0 Å². The maximum atomic E-state index is 4.30. The quantitative estimate of drug-likeness (QED) is 0.604. The molecule has 0 spiro atoms. The summed E-state index contributed by atoms with van der Waals surface area (Å²) in [6, 6.07) is 6.30. The second-order valence-corrected chi connectivity index (χ2v) is 3.17. The van der Waals surface area contributed by atoms with E-state index in [1.54, 1.807) is 0 Å². The molecule has 4 heteroatoms. The van der Waals surface area contributed by atoms with Crippen molar-refractivity contribution in [2.75, 3.05) is 7.05 Å². The Balaban J connectivity index is 2.04. The lowest BCUT2D eigenvalue weighted by Crippen LogP contribution is -2.39. The van der Waals surface area contributed by atoms with Crippen molar-refractivity contribution < 1.29 is 0 Å². The molecule has 0 aliphatic carbocycles. The van der Waals surface area contributed by atoms with Crippen LogP contribution in [0.4, 0.5) is 0 Å². The van der Waals surface area contributed by atoms with Gasteiger partial charge in [-0.3, -0.25) is 4.98 Å². The van der Waals surface area contributed by atoms with E-state index in [2.05, 4.69) is 21.2 Å². The summed E-state index contributed by atoms with van der Waals surface area (Å²) in [5.41, 5.74) is 7.44. The fourth-order valence-corrected chi connectivity index (χ4v) is 1.52. The van der Waals surface area contributed by atoms with Gasteiger partial charge < -0.3 is 5.32 Å². The van der Waals surface area contributed by atoms with Crippen LogP contribution in [0.5, 0.6) is 0 Å². The zero-order chi connectivity index (χ0) is 9.10. The number of nitrogens with one attached hydrogen (secondary N) is 3. The minimum atomic E-state index is 0.318. The van der Waals surface area contributed by atoms with Crippen LogP contribution in [-0.4, -0.2) is 18.2 Å². The van der Waals surface area contributed by atoms with Crippen LogP contribution in [0.25, 0.3) is 0 Å². The molecule has 1 aromatic rings. The summed E-state index contributed by atoms with van der Waals surface area (Å²) >= 11 is 0. The first kappa shape index (κ1) is 8.62. The Labute approximate surface area is 77.7 Å². The van der Waals surface area contributed by atoms with E-state index in [9.17, 15) is 0 Å². The predicted molar refractivity (Wildman–Crippen MR) is 50.7 cm³/mol. The van der Waals surface area contributed by atoms with Gasteiger partial charge in [0.05, 0.1) is 17.9 Å². The maximum absolute atomic E-state index is 4.30. The molecule has 0 saturated carbocycles. The van der Waals surface area contributed by atoms with Gasteiger partial charge in [0.1, 0.15) is 0 Å². The molecule has 1 aliphatic rings. The molecule has 1 aromatic heterocycles. The molecule has 0 bridgehead atoms. The van der Waals surface area contributed by atoms with Crippen LogP contribution in [0.15, 0.2) is 24.4 Å². The summed E-state index contributed by atoms with van der Waals surface area (Å²) in [6.45, 7) is 0. The van der Waals surface area contributed by atoms with Crippen LogP contribution in [-0.2, 0) is 0 Å². The van der Waals surface area contributed by atoms with Gasteiger partial charge in [0.25, 0.3) is 0 Å². The molecule has 2 rings (SSSR count). The van der Waals surface area contributed by atoms with Crippen LogP contribution in [0.3, 0.4) is 0 Å². The summed E-state index contributed by atoms with van der Waals surface area (Å²) in [4.78, 5) is 4.30. The number of hydrazine groups is 1. The Morgan fingerprint density at radius 2 is 2.38 bits per heavy atom. The van der Waals surface area contributed by atoms with E-state index in [1.165, 1.54) is 0 Å². The Kier molecular flexibility index (Phi) is 2.54. The lowest BCUT2D eigenvalue weighted by atomic mass is 10.1. The third-order valence-corrected chi connectivity index (χ3v) is 2.30. The molecule has 1 aliphatic heterocycles. The number of aromatic nitrogens is 1. The lowest BCUT2D eigenvalue weighted by molar-refractivity contribution is 0.494. The number of rotatable bonds is 2. The van der Waals surface area contributed by atoms with Crippen molar-refractivity contribution in [1.29, 1.82) is 0 Å². The molecular weight excluding hydrogens is 164 g/mol. The average Bonchev–Trinajstić information content (AvgIpc) is 2.67. The van der Waals surface area contributed by atoms with Crippen molar-refractivity contribution in [2.45, 2.75) is 18.6 Å². The Bertz CT molecular complexity index is 262. The normalized spacial score (nSPS) is 27.8. The molecule has 0 radical (unpaired) electrons. The van der Waals surface area contributed by atoms with Crippen molar-refractivity contribution in [1.82, 2.24) is 21.2 Å². The molecule has 1 fully saturated rings. The second-order valence-electron chi connectivity index (χ2n) is 3.17. The molecule has 3 N–H and O–H groups in total. The van der Waals surface area contributed by atoms with Crippen molar-refractivity contribution in [2.24, 2.45) is 0 Å². The molecule has 1 saturated heterocycles. The highest BCUT2D eigenvalue weighted by Crippen LogP contribution is 2.18. The zero-order valence-corrected chi connectivity index (χ0v) is 7.62. The standard InChI is InChI=1S/C9H14N4/c1-10-9-6-8(12-13-9)7-4-2-3-5-11-7/h2-5,8-10,12-13H,6H2,1H3. The van der Waals surface area contributed by atoms with Crippen LogP contribution in [0.1, 0.15) is 18.2 Å². The molecule has 13 heavy (non-hydrogen) atoms.